The van der Waals surface area contributed by atoms with Crippen LogP contribution in [-0.2, 0) is 0 Å². The molecule has 0 radical (unpaired) electrons. The van der Waals surface area contributed by atoms with Crippen LogP contribution < -0.4 is 0 Å². The predicted octanol–water partition coefficient (Wildman–Crippen LogP) is 1.51. The zero-order valence-corrected chi connectivity index (χ0v) is 4.83. The van der Waals surface area contributed by atoms with Crippen molar-refractivity contribution in [2.45, 2.75) is 0 Å². The average Bonchev–Trinajstić information content (AvgIpc) is 2.33. The SMILES string of the molecule is c1cc2ncc[nH]c-2c1. The second-order valence-corrected chi connectivity index (χ2v) is 1.91. The number of hydrogen-bond donors (Lipinski definition) is 1. The molecule has 0 aromatic rings. The van der Waals surface area contributed by atoms with Gasteiger partial charge in [0.15, 0.2) is 0 Å². The van der Waals surface area contributed by atoms with Crippen molar-refractivity contribution in [2.75, 3.05) is 0 Å². The quantitative estimate of drug-likeness (QED) is 0.558. The van der Waals surface area contributed by atoms with Crippen molar-refractivity contribution in [3.8, 4) is 11.4 Å². The fourth-order valence-electron chi connectivity index (χ4n) is 0.890. The van der Waals surface area contributed by atoms with Gasteiger partial charge in [-0.15, -0.1) is 0 Å². The highest BCUT2D eigenvalue weighted by Crippen LogP contribution is 2.14. The molecule has 0 aromatic heterocycles. The molecule has 1 heterocycles. The molecule has 0 spiro atoms. The van der Waals surface area contributed by atoms with Crippen LogP contribution in [0, 0.1) is 0 Å². The first-order valence-corrected chi connectivity index (χ1v) is 2.85. The molecule has 1 N–H and O–H groups in total. The van der Waals surface area contributed by atoms with Crippen LogP contribution >= 0.6 is 0 Å². The Bertz CT molecular complexity index is 247. The monoisotopic (exact) mass is 118 g/mol. The van der Waals surface area contributed by atoms with E-state index in [2.05, 4.69) is 9.97 Å². The molecule has 9 heavy (non-hydrogen) atoms. The maximum Gasteiger partial charge on any atom is 0.0864 e. The molecule has 44 valence electrons. The molecule has 0 saturated carbocycles. The van der Waals surface area contributed by atoms with Crippen molar-refractivity contribution in [2.24, 2.45) is 0 Å². The summed E-state index contributed by atoms with van der Waals surface area (Å²) in [6, 6.07) is 5.96. The number of fused-ring (bicyclic) bond motifs is 1. The Hall–Kier alpha value is -1.31. The van der Waals surface area contributed by atoms with E-state index >= 15 is 0 Å². The molecule has 0 unspecified atom stereocenters. The van der Waals surface area contributed by atoms with E-state index in [0.717, 1.165) is 11.4 Å². The fourth-order valence-corrected chi connectivity index (χ4v) is 0.890. The van der Waals surface area contributed by atoms with Gasteiger partial charge in [0.1, 0.15) is 0 Å². The third kappa shape index (κ3) is 0.598. The van der Waals surface area contributed by atoms with Crippen molar-refractivity contribution < 1.29 is 0 Å². The van der Waals surface area contributed by atoms with Gasteiger partial charge in [0.2, 0.25) is 0 Å². The molecule has 0 aromatic carbocycles. The summed E-state index contributed by atoms with van der Waals surface area (Å²) in [5, 5.41) is 0. The van der Waals surface area contributed by atoms with E-state index in [9.17, 15) is 0 Å². The smallest absolute Gasteiger partial charge is 0.0864 e. The lowest BCUT2D eigenvalue weighted by Gasteiger charge is -1.92. The van der Waals surface area contributed by atoms with Crippen LogP contribution in [0.2, 0.25) is 0 Å². The highest BCUT2D eigenvalue weighted by molar-refractivity contribution is 5.56. The van der Waals surface area contributed by atoms with Crippen LogP contribution in [0.5, 0.6) is 0 Å². The van der Waals surface area contributed by atoms with E-state index in [0.29, 0.717) is 0 Å². The normalized spacial score (nSPS) is 10.2. The van der Waals surface area contributed by atoms with Crippen molar-refractivity contribution >= 4 is 0 Å². The van der Waals surface area contributed by atoms with E-state index in [1.165, 1.54) is 0 Å². The molecule has 1 aliphatic carbocycles. The minimum absolute atomic E-state index is 1.03. The molecule has 2 heteroatoms. The number of hydrogen-bond acceptors (Lipinski definition) is 1. The third-order valence-corrected chi connectivity index (χ3v) is 1.32. The minimum Gasteiger partial charge on any atom is -0.358 e. The maximum atomic E-state index is 4.11. The van der Waals surface area contributed by atoms with Crippen LogP contribution in [0.3, 0.4) is 0 Å². The summed E-state index contributed by atoms with van der Waals surface area (Å²) in [6.45, 7) is 0. The van der Waals surface area contributed by atoms with Gasteiger partial charge in [-0.2, -0.15) is 0 Å². The summed E-state index contributed by atoms with van der Waals surface area (Å²) in [5.41, 5.74) is 2.12. The Morgan fingerprint density at radius 3 is 3.22 bits per heavy atom. The molecule has 0 saturated heterocycles. The minimum atomic E-state index is 1.03. The van der Waals surface area contributed by atoms with Gasteiger partial charge in [-0.1, -0.05) is 6.07 Å². The standard InChI is InChI=1S/C7H6N2/c1-2-6-7(3-1)9-5-4-8-6/h1-5,8H. The first kappa shape index (κ1) is 4.56. The number of aromatic nitrogens is 2. The maximum absolute atomic E-state index is 4.11. The second kappa shape index (κ2) is 1.58. The number of aromatic amines is 1. The largest absolute Gasteiger partial charge is 0.358 e. The van der Waals surface area contributed by atoms with E-state index < -0.39 is 0 Å². The molecule has 0 fully saturated rings. The van der Waals surface area contributed by atoms with Crippen molar-refractivity contribution in [1.29, 1.82) is 0 Å². The number of rotatable bonds is 0. The van der Waals surface area contributed by atoms with Crippen molar-refractivity contribution in [3.05, 3.63) is 30.6 Å². The molecule has 0 atom stereocenters. The highest BCUT2D eigenvalue weighted by Gasteiger charge is 1.97. The summed E-state index contributed by atoms with van der Waals surface area (Å²) in [5.74, 6) is 0. The number of nitrogens with zero attached hydrogens (tertiary/aromatic N) is 1. The third-order valence-electron chi connectivity index (χ3n) is 1.32. The molecule has 2 rings (SSSR count). The lowest BCUT2D eigenvalue weighted by Crippen LogP contribution is -1.81. The molecule has 2 aliphatic rings. The van der Waals surface area contributed by atoms with Crippen LogP contribution in [0.4, 0.5) is 0 Å². The Labute approximate surface area is 52.9 Å². The van der Waals surface area contributed by atoms with Crippen LogP contribution in [0.1, 0.15) is 0 Å². The molecule has 0 amide bonds. The van der Waals surface area contributed by atoms with E-state index in [-0.39, 0.29) is 0 Å². The van der Waals surface area contributed by atoms with Crippen molar-refractivity contribution in [3.63, 3.8) is 0 Å². The molecular formula is C7H6N2. The summed E-state index contributed by atoms with van der Waals surface area (Å²) >= 11 is 0. The summed E-state index contributed by atoms with van der Waals surface area (Å²) in [6.07, 6.45) is 3.57. The van der Waals surface area contributed by atoms with Gasteiger partial charge in [-0.25, -0.2) is 0 Å². The van der Waals surface area contributed by atoms with Gasteiger partial charge in [-0.05, 0) is 12.1 Å². The van der Waals surface area contributed by atoms with Gasteiger partial charge < -0.3 is 4.98 Å². The number of nitrogens with one attached hydrogen (secondary N) is 1. The molecule has 0 bridgehead atoms. The van der Waals surface area contributed by atoms with E-state index in [1.807, 2.05) is 24.4 Å². The zero-order valence-electron chi connectivity index (χ0n) is 4.83. The van der Waals surface area contributed by atoms with E-state index in [1.54, 1.807) is 6.20 Å². The topological polar surface area (TPSA) is 28.7 Å². The highest BCUT2D eigenvalue weighted by atomic mass is 14.8. The van der Waals surface area contributed by atoms with E-state index in [4.69, 9.17) is 0 Å². The molecule has 1 aliphatic heterocycles. The van der Waals surface area contributed by atoms with Crippen LogP contribution in [0.15, 0.2) is 30.6 Å². The van der Waals surface area contributed by atoms with Gasteiger partial charge >= 0.3 is 0 Å². The average molecular weight is 118 g/mol. The number of H-pyrrole nitrogens is 1. The molecule has 2 nitrogen and oxygen atoms in total. The van der Waals surface area contributed by atoms with Gasteiger partial charge in [0.25, 0.3) is 0 Å². The van der Waals surface area contributed by atoms with Gasteiger partial charge in [0, 0.05) is 12.4 Å². The Morgan fingerprint density at radius 1 is 1.33 bits per heavy atom. The summed E-state index contributed by atoms with van der Waals surface area (Å²) in [7, 11) is 0. The molecular weight excluding hydrogens is 112 g/mol. The zero-order chi connectivity index (χ0) is 6.10. The second-order valence-electron chi connectivity index (χ2n) is 1.91. The summed E-state index contributed by atoms with van der Waals surface area (Å²) in [4.78, 5) is 7.18. The fraction of sp³-hybridized carbons (Fsp3) is 0. The first-order valence-electron chi connectivity index (χ1n) is 2.85. The Kier molecular flexibility index (Phi) is 0.803. The van der Waals surface area contributed by atoms with Crippen molar-refractivity contribution in [1.82, 2.24) is 9.97 Å². The first-order chi connectivity index (χ1) is 4.47. The lowest BCUT2D eigenvalue weighted by molar-refractivity contribution is 1.21. The van der Waals surface area contributed by atoms with Gasteiger partial charge in [0.05, 0.1) is 11.4 Å². The lowest BCUT2D eigenvalue weighted by atomic mass is 10.4. The van der Waals surface area contributed by atoms with Crippen LogP contribution in [0.25, 0.3) is 11.4 Å². The Balaban J connectivity index is 2.79. The Morgan fingerprint density at radius 2 is 2.33 bits per heavy atom. The summed E-state index contributed by atoms with van der Waals surface area (Å²) < 4.78 is 0. The predicted molar refractivity (Wildman–Crippen MR) is 35.2 cm³/mol. The van der Waals surface area contributed by atoms with Crippen LogP contribution in [-0.4, -0.2) is 9.97 Å². The van der Waals surface area contributed by atoms with Gasteiger partial charge in [-0.3, -0.25) is 4.98 Å².